The van der Waals surface area contributed by atoms with Crippen LogP contribution in [-0.2, 0) is 4.79 Å². The Hall–Kier alpha value is -1.58. The standard InChI is InChI=1S/C14H20N2O2/c1-11-7-12(2)9-16(8-11)14(17)10-18-13-5-3-4-6-15-13/h3-6,11-12H,7-10H2,1-2H3. The summed E-state index contributed by atoms with van der Waals surface area (Å²) in [5, 5.41) is 0. The summed E-state index contributed by atoms with van der Waals surface area (Å²) in [6.45, 7) is 6.14. The molecule has 4 heteroatoms. The molecule has 1 aromatic rings. The number of nitrogens with zero attached hydrogens (tertiary/aromatic N) is 2. The van der Waals surface area contributed by atoms with E-state index in [1.54, 1.807) is 12.3 Å². The van der Waals surface area contributed by atoms with Crippen molar-refractivity contribution < 1.29 is 9.53 Å². The van der Waals surface area contributed by atoms with Gasteiger partial charge in [0.1, 0.15) is 0 Å². The van der Waals surface area contributed by atoms with Crippen molar-refractivity contribution in [3.05, 3.63) is 24.4 Å². The Morgan fingerprint density at radius 1 is 1.39 bits per heavy atom. The van der Waals surface area contributed by atoms with Gasteiger partial charge < -0.3 is 9.64 Å². The van der Waals surface area contributed by atoms with E-state index < -0.39 is 0 Å². The van der Waals surface area contributed by atoms with Crippen molar-refractivity contribution in [2.45, 2.75) is 20.3 Å². The molecule has 0 saturated carbocycles. The van der Waals surface area contributed by atoms with Gasteiger partial charge in [-0.3, -0.25) is 4.79 Å². The van der Waals surface area contributed by atoms with E-state index in [4.69, 9.17) is 4.74 Å². The number of hydrogen-bond donors (Lipinski definition) is 0. The second-order valence-corrected chi connectivity index (χ2v) is 5.20. The molecule has 0 aliphatic carbocycles. The largest absolute Gasteiger partial charge is 0.468 e. The van der Waals surface area contributed by atoms with E-state index in [0.717, 1.165) is 13.1 Å². The lowest BCUT2D eigenvalue weighted by atomic mass is 9.92. The highest BCUT2D eigenvalue weighted by Gasteiger charge is 2.25. The normalized spacial score (nSPS) is 23.8. The molecule has 2 atom stereocenters. The van der Waals surface area contributed by atoms with Gasteiger partial charge in [0.25, 0.3) is 5.91 Å². The van der Waals surface area contributed by atoms with Gasteiger partial charge in [-0.2, -0.15) is 0 Å². The minimum Gasteiger partial charge on any atom is -0.468 e. The van der Waals surface area contributed by atoms with Crippen molar-refractivity contribution in [3.8, 4) is 5.88 Å². The molecule has 0 bridgehead atoms. The Bertz CT molecular complexity index is 384. The fourth-order valence-electron chi connectivity index (χ4n) is 2.53. The van der Waals surface area contributed by atoms with Crippen LogP contribution < -0.4 is 4.74 Å². The molecule has 4 nitrogen and oxygen atoms in total. The van der Waals surface area contributed by atoms with Crippen LogP contribution in [0, 0.1) is 11.8 Å². The highest BCUT2D eigenvalue weighted by molar-refractivity contribution is 5.77. The summed E-state index contributed by atoms with van der Waals surface area (Å²) < 4.78 is 5.39. The summed E-state index contributed by atoms with van der Waals surface area (Å²) in [7, 11) is 0. The number of carbonyl (C=O) groups is 1. The highest BCUT2D eigenvalue weighted by atomic mass is 16.5. The molecule has 0 N–H and O–H groups in total. The number of likely N-dealkylation sites (tertiary alicyclic amines) is 1. The summed E-state index contributed by atoms with van der Waals surface area (Å²) in [5.41, 5.74) is 0. The van der Waals surface area contributed by atoms with Crippen LogP contribution in [0.3, 0.4) is 0 Å². The SMILES string of the molecule is CC1CC(C)CN(C(=O)COc2ccccn2)C1. The second kappa shape index (κ2) is 5.85. The molecule has 1 aromatic heterocycles. The molecule has 98 valence electrons. The minimum atomic E-state index is 0.0547. The summed E-state index contributed by atoms with van der Waals surface area (Å²) in [4.78, 5) is 18.0. The maximum Gasteiger partial charge on any atom is 0.260 e. The van der Waals surface area contributed by atoms with Crippen molar-refractivity contribution in [1.29, 1.82) is 0 Å². The molecule has 0 radical (unpaired) electrons. The van der Waals surface area contributed by atoms with Gasteiger partial charge in [0, 0.05) is 25.4 Å². The summed E-state index contributed by atoms with van der Waals surface area (Å²) in [6.07, 6.45) is 2.86. The van der Waals surface area contributed by atoms with Gasteiger partial charge in [0.2, 0.25) is 5.88 Å². The van der Waals surface area contributed by atoms with E-state index in [0.29, 0.717) is 17.7 Å². The zero-order valence-corrected chi connectivity index (χ0v) is 11.0. The second-order valence-electron chi connectivity index (χ2n) is 5.20. The Morgan fingerprint density at radius 2 is 2.11 bits per heavy atom. The van der Waals surface area contributed by atoms with E-state index in [1.807, 2.05) is 17.0 Å². The smallest absolute Gasteiger partial charge is 0.260 e. The first kappa shape index (κ1) is 12.9. The van der Waals surface area contributed by atoms with Gasteiger partial charge >= 0.3 is 0 Å². The van der Waals surface area contributed by atoms with E-state index in [9.17, 15) is 4.79 Å². The van der Waals surface area contributed by atoms with Crippen molar-refractivity contribution in [2.24, 2.45) is 11.8 Å². The van der Waals surface area contributed by atoms with Crippen LogP contribution in [0.15, 0.2) is 24.4 Å². The maximum absolute atomic E-state index is 12.0. The molecular weight excluding hydrogens is 228 g/mol. The Balaban J connectivity index is 1.84. The molecule has 1 saturated heterocycles. The van der Waals surface area contributed by atoms with Crippen molar-refractivity contribution in [2.75, 3.05) is 19.7 Å². The van der Waals surface area contributed by atoms with Gasteiger partial charge in [-0.05, 0) is 24.3 Å². The third-order valence-corrected chi connectivity index (χ3v) is 3.20. The van der Waals surface area contributed by atoms with E-state index in [1.165, 1.54) is 6.42 Å². The molecule has 1 amide bonds. The number of pyridine rings is 1. The van der Waals surface area contributed by atoms with E-state index in [2.05, 4.69) is 18.8 Å². The predicted octanol–water partition coefficient (Wildman–Crippen LogP) is 1.96. The number of aromatic nitrogens is 1. The molecule has 2 heterocycles. The van der Waals surface area contributed by atoms with E-state index >= 15 is 0 Å². The van der Waals surface area contributed by atoms with Crippen LogP contribution in [-0.4, -0.2) is 35.5 Å². The molecule has 2 rings (SSSR count). The highest BCUT2D eigenvalue weighted by Crippen LogP contribution is 2.20. The third kappa shape index (κ3) is 3.45. The number of ether oxygens (including phenoxy) is 1. The molecule has 1 aliphatic heterocycles. The summed E-state index contributed by atoms with van der Waals surface area (Å²) in [6, 6.07) is 5.43. The van der Waals surface area contributed by atoms with Gasteiger partial charge in [0.15, 0.2) is 6.61 Å². The first-order valence-corrected chi connectivity index (χ1v) is 6.46. The summed E-state index contributed by atoms with van der Waals surface area (Å²) in [5.74, 6) is 1.71. The molecule has 18 heavy (non-hydrogen) atoms. The molecule has 1 fully saturated rings. The predicted molar refractivity (Wildman–Crippen MR) is 69.3 cm³/mol. The average Bonchev–Trinajstić information content (AvgIpc) is 2.36. The molecule has 0 aromatic carbocycles. The molecule has 0 spiro atoms. The lowest BCUT2D eigenvalue weighted by molar-refractivity contribution is -0.136. The lowest BCUT2D eigenvalue weighted by Crippen LogP contribution is -2.44. The zero-order valence-electron chi connectivity index (χ0n) is 11.0. The molecule has 2 unspecified atom stereocenters. The van der Waals surface area contributed by atoms with Crippen LogP contribution in [0.2, 0.25) is 0 Å². The summed E-state index contributed by atoms with van der Waals surface area (Å²) >= 11 is 0. The first-order chi connectivity index (χ1) is 8.65. The molecular formula is C14H20N2O2. The third-order valence-electron chi connectivity index (χ3n) is 3.20. The number of carbonyl (C=O) groups excluding carboxylic acids is 1. The van der Waals surface area contributed by atoms with Crippen LogP contribution >= 0.6 is 0 Å². The fourth-order valence-corrected chi connectivity index (χ4v) is 2.53. The van der Waals surface area contributed by atoms with Crippen LogP contribution in [0.4, 0.5) is 0 Å². The Kier molecular flexibility index (Phi) is 4.18. The number of hydrogen-bond acceptors (Lipinski definition) is 3. The van der Waals surface area contributed by atoms with Gasteiger partial charge in [-0.25, -0.2) is 4.98 Å². The topological polar surface area (TPSA) is 42.4 Å². The molecule has 1 aliphatic rings. The van der Waals surface area contributed by atoms with Crippen molar-refractivity contribution >= 4 is 5.91 Å². The van der Waals surface area contributed by atoms with Crippen LogP contribution in [0.25, 0.3) is 0 Å². The van der Waals surface area contributed by atoms with Gasteiger partial charge in [0.05, 0.1) is 0 Å². The van der Waals surface area contributed by atoms with E-state index in [-0.39, 0.29) is 12.5 Å². The van der Waals surface area contributed by atoms with Crippen LogP contribution in [0.5, 0.6) is 5.88 Å². The maximum atomic E-state index is 12.0. The Morgan fingerprint density at radius 3 is 2.72 bits per heavy atom. The van der Waals surface area contributed by atoms with Gasteiger partial charge in [-0.1, -0.05) is 19.9 Å². The first-order valence-electron chi connectivity index (χ1n) is 6.46. The number of piperidine rings is 1. The minimum absolute atomic E-state index is 0.0547. The lowest BCUT2D eigenvalue weighted by Gasteiger charge is -2.34. The number of amides is 1. The number of rotatable bonds is 3. The fraction of sp³-hybridized carbons (Fsp3) is 0.571. The Labute approximate surface area is 108 Å². The van der Waals surface area contributed by atoms with Gasteiger partial charge in [-0.15, -0.1) is 0 Å². The van der Waals surface area contributed by atoms with Crippen molar-refractivity contribution in [1.82, 2.24) is 9.88 Å². The van der Waals surface area contributed by atoms with Crippen molar-refractivity contribution in [3.63, 3.8) is 0 Å². The van der Waals surface area contributed by atoms with Crippen LogP contribution in [0.1, 0.15) is 20.3 Å². The zero-order chi connectivity index (χ0) is 13.0. The quantitative estimate of drug-likeness (QED) is 0.821. The monoisotopic (exact) mass is 248 g/mol. The average molecular weight is 248 g/mol.